The first-order valence-electron chi connectivity index (χ1n) is 11.7. The minimum atomic E-state index is -1.16. The van der Waals surface area contributed by atoms with E-state index < -0.39 is 18.8 Å². The van der Waals surface area contributed by atoms with Gasteiger partial charge in [0.2, 0.25) is 0 Å². The highest BCUT2D eigenvalue weighted by molar-refractivity contribution is 5.93. The van der Waals surface area contributed by atoms with Crippen LogP contribution in [0.25, 0.3) is 0 Å². The number of carbonyl (C=O) groups excluding carboxylic acids is 1. The second-order valence-corrected chi connectivity index (χ2v) is 8.51. The fourth-order valence-electron chi connectivity index (χ4n) is 3.66. The topological polar surface area (TPSA) is 123 Å². The van der Waals surface area contributed by atoms with Crippen molar-refractivity contribution in [1.82, 2.24) is 24.8 Å². The Morgan fingerprint density at radius 1 is 0.857 bits per heavy atom. The van der Waals surface area contributed by atoms with E-state index in [1.165, 1.54) is 0 Å². The largest absolute Gasteiger partial charge is 0.394 e. The monoisotopic (exact) mass is 479 g/mol. The zero-order chi connectivity index (χ0) is 25.0. The summed E-state index contributed by atoms with van der Waals surface area (Å²) in [5, 5.41) is 28.1. The second-order valence-electron chi connectivity index (χ2n) is 8.51. The molecule has 0 fully saturated rings. The molecule has 2 atom stereocenters. The number of amides is 1. The lowest BCUT2D eigenvalue weighted by atomic mass is 10.1. The van der Waals surface area contributed by atoms with Gasteiger partial charge in [0.25, 0.3) is 5.91 Å². The molecule has 3 rings (SSSR count). The zero-order valence-corrected chi connectivity index (χ0v) is 19.9. The minimum absolute atomic E-state index is 0.167. The van der Waals surface area contributed by atoms with Gasteiger partial charge in [0.15, 0.2) is 0 Å². The maximum atomic E-state index is 12.7. The van der Waals surface area contributed by atoms with Crippen LogP contribution in [0.3, 0.4) is 0 Å². The lowest BCUT2D eigenvalue weighted by Crippen LogP contribution is -2.32. The summed E-state index contributed by atoms with van der Waals surface area (Å²) in [6.07, 6.45) is 3.75. The van der Waals surface area contributed by atoms with Gasteiger partial charge in [0.1, 0.15) is 6.10 Å². The molecule has 0 bridgehead atoms. The van der Waals surface area contributed by atoms with E-state index in [1.807, 2.05) is 42.5 Å². The molecular formula is C26H33N5O4. The number of aromatic nitrogens is 3. The Kier molecular flexibility index (Phi) is 10.2. The summed E-state index contributed by atoms with van der Waals surface area (Å²) in [6, 6.07) is 15.3. The Balaban J connectivity index is 1.59. The molecule has 186 valence electrons. The first-order valence-corrected chi connectivity index (χ1v) is 11.7. The Hall–Kier alpha value is -3.24. The van der Waals surface area contributed by atoms with E-state index in [1.54, 1.807) is 36.6 Å². The highest BCUT2D eigenvalue weighted by atomic mass is 16.4. The first-order chi connectivity index (χ1) is 17.0. The van der Waals surface area contributed by atoms with Crippen LogP contribution in [0.2, 0.25) is 0 Å². The Labute approximate surface area is 205 Å². The molecule has 0 saturated heterocycles. The van der Waals surface area contributed by atoms with E-state index in [4.69, 9.17) is 5.11 Å². The van der Waals surface area contributed by atoms with Crippen LogP contribution in [-0.2, 0) is 19.6 Å². The van der Waals surface area contributed by atoms with Crippen LogP contribution in [-0.4, -0.2) is 78.4 Å². The van der Waals surface area contributed by atoms with E-state index in [0.717, 1.165) is 17.1 Å². The van der Waals surface area contributed by atoms with Crippen molar-refractivity contribution >= 4 is 5.91 Å². The average molecular weight is 480 g/mol. The van der Waals surface area contributed by atoms with Crippen molar-refractivity contribution in [2.75, 3.05) is 20.2 Å². The number of aliphatic hydroxyl groups is 3. The number of carbonyl (C=O) groups is 1. The van der Waals surface area contributed by atoms with Crippen LogP contribution in [0, 0.1) is 0 Å². The van der Waals surface area contributed by atoms with Gasteiger partial charge in [0, 0.05) is 51.8 Å². The van der Waals surface area contributed by atoms with Gasteiger partial charge < -0.3 is 20.2 Å². The third-order valence-electron chi connectivity index (χ3n) is 5.65. The molecule has 3 aromatic rings. The highest BCUT2D eigenvalue weighted by Crippen LogP contribution is 2.13. The molecule has 9 nitrogen and oxygen atoms in total. The molecule has 0 spiro atoms. The van der Waals surface area contributed by atoms with Crippen LogP contribution >= 0.6 is 0 Å². The standard InChI is InChI=1S/C26H33N5O4/c1-30(14-6-9-24(33)25(34)19-32)26(35)20-10-11-23(29-15-20)18-31(16-21-7-2-4-12-27-21)17-22-8-3-5-13-28-22/h2-5,7-8,10-13,15,24-25,32-34H,6,9,14,16-19H2,1H3/t24-,25+/m0/s1. The number of aliphatic hydroxyl groups excluding tert-OH is 3. The molecular weight excluding hydrogens is 446 g/mol. The molecule has 35 heavy (non-hydrogen) atoms. The van der Waals surface area contributed by atoms with Crippen molar-refractivity contribution < 1.29 is 20.1 Å². The Bertz CT molecular complexity index is 979. The molecule has 1 amide bonds. The summed E-state index contributed by atoms with van der Waals surface area (Å²) in [7, 11) is 1.69. The van der Waals surface area contributed by atoms with Gasteiger partial charge in [-0.05, 0) is 49.2 Å². The normalized spacial score (nSPS) is 12.9. The summed E-state index contributed by atoms with van der Waals surface area (Å²) in [5.74, 6) is -0.167. The number of pyridine rings is 3. The van der Waals surface area contributed by atoms with Crippen molar-refractivity contribution in [2.24, 2.45) is 0 Å². The fraction of sp³-hybridized carbons (Fsp3) is 0.385. The van der Waals surface area contributed by atoms with Crippen molar-refractivity contribution in [3.05, 3.63) is 89.8 Å². The number of nitrogens with zero attached hydrogens (tertiary/aromatic N) is 5. The molecule has 0 unspecified atom stereocenters. The lowest BCUT2D eigenvalue weighted by molar-refractivity contribution is -0.0189. The molecule has 0 aromatic carbocycles. The predicted octanol–water partition coefficient (Wildman–Crippen LogP) is 1.64. The van der Waals surface area contributed by atoms with Crippen LogP contribution in [0.15, 0.2) is 67.1 Å². The number of hydrogen-bond donors (Lipinski definition) is 3. The van der Waals surface area contributed by atoms with Gasteiger partial charge in [-0.25, -0.2) is 0 Å². The number of hydrogen-bond acceptors (Lipinski definition) is 8. The number of rotatable bonds is 13. The molecule has 3 N–H and O–H groups in total. The van der Waals surface area contributed by atoms with Crippen LogP contribution in [0.5, 0.6) is 0 Å². The quantitative estimate of drug-likeness (QED) is 0.338. The fourth-order valence-corrected chi connectivity index (χ4v) is 3.66. The summed E-state index contributed by atoms with van der Waals surface area (Å²) in [6.45, 7) is 1.77. The average Bonchev–Trinajstić information content (AvgIpc) is 2.89. The van der Waals surface area contributed by atoms with Gasteiger partial charge in [-0.1, -0.05) is 12.1 Å². The summed E-state index contributed by atoms with van der Waals surface area (Å²) < 4.78 is 0. The van der Waals surface area contributed by atoms with Gasteiger partial charge in [0.05, 0.1) is 35.4 Å². The Morgan fingerprint density at radius 3 is 1.94 bits per heavy atom. The van der Waals surface area contributed by atoms with E-state index in [0.29, 0.717) is 44.6 Å². The predicted molar refractivity (Wildman–Crippen MR) is 131 cm³/mol. The SMILES string of the molecule is CN(CCC[C@H](O)[C@H](O)CO)C(=O)c1ccc(CN(Cc2ccccn2)Cc2ccccn2)nc1. The van der Waals surface area contributed by atoms with E-state index in [2.05, 4.69) is 19.9 Å². The molecule has 0 aliphatic carbocycles. The molecule has 0 saturated carbocycles. The zero-order valence-electron chi connectivity index (χ0n) is 19.9. The van der Waals surface area contributed by atoms with Crippen LogP contribution < -0.4 is 0 Å². The molecule has 9 heteroatoms. The smallest absolute Gasteiger partial charge is 0.255 e. The maximum absolute atomic E-state index is 12.7. The minimum Gasteiger partial charge on any atom is -0.394 e. The van der Waals surface area contributed by atoms with Gasteiger partial charge >= 0.3 is 0 Å². The third-order valence-corrected chi connectivity index (χ3v) is 5.65. The van der Waals surface area contributed by atoms with Gasteiger partial charge in [-0.15, -0.1) is 0 Å². The molecule has 3 aromatic heterocycles. The van der Waals surface area contributed by atoms with Crippen molar-refractivity contribution in [3.8, 4) is 0 Å². The van der Waals surface area contributed by atoms with Crippen molar-refractivity contribution in [3.63, 3.8) is 0 Å². The molecule has 0 radical (unpaired) electrons. The highest BCUT2D eigenvalue weighted by Gasteiger charge is 2.17. The summed E-state index contributed by atoms with van der Waals surface area (Å²) in [5.41, 5.74) is 3.22. The molecule has 3 heterocycles. The molecule has 0 aliphatic heterocycles. The third kappa shape index (κ3) is 8.48. The summed E-state index contributed by atoms with van der Waals surface area (Å²) >= 11 is 0. The van der Waals surface area contributed by atoms with Crippen molar-refractivity contribution in [2.45, 2.75) is 44.7 Å². The van der Waals surface area contributed by atoms with Gasteiger partial charge in [-0.3, -0.25) is 24.6 Å². The van der Waals surface area contributed by atoms with Crippen LogP contribution in [0.1, 0.15) is 40.3 Å². The second kappa shape index (κ2) is 13.6. The van der Waals surface area contributed by atoms with E-state index >= 15 is 0 Å². The first kappa shape index (κ1) is 26.4. The van der Waals surface area contributed by atoms with Crippen LogP contribution in [0.4, 0.5) is 0 Å². The summed E-state index contributed by atoms with van der Waals surface area (Å²) in [4.78, 5) is 29.9. The maximum Gasteiger partial charge on any atom is 0.255 e. The lowest BCUT2D eigenvalue weighted by Gasteiger charge is -2.22. The molecule has 0 aliphatic rings. The van der Waals surface area contributed by atoms with E-state index in [9.17, 15) is 15.0 Å². The Morgan fingerprint density at radius 2 is 1.46 bits per heavy atom. The van der Waals surface area contributed by atoms with Crippen molar-refractivity contribution in [1.29, 1.82) is 0 Å². The van der Waals surface area contributed by atoms with Gasteiger partial charge in [-0.2, -0.15) is 0 Å². The van der Waals surface area contributed by atoms with E-state index in [-0.39, 0.29) is 5.91 Å².